The highest BCUT2D eigenvalue weighted by Crippen LogP contribution is 1.96. The summed E-state index contributed by atoms with van der Waals surface area (Å²) in [5.74, 6) is 0.659. The molecule has 0 saturated carbocycles. The lowest BCUT2D eigenvalue weighted by Crippen LogP contribution is -1.72. The van der Waals surface area contributed by atoms with Crippen LogP contribution in [-0.4, -0.2) is 23.7 Å². The van der Waals surface area contributed by atoms with Crippen LogP contribution in [0.3, 0.4) is 0 Å². The van der Waals surface area contributed by atoms with Gasteiger partial charge in [0.25, 0.3) is 0 Å². The van der Waals surface area contributed by atoms with Crippen LogP contribution in [0.1, 0.15) is 16.2 Å². The summed E-state index contributed by atoms with van der Waals surface area (Å²) in [6.07, 6.45) is 0.649. The highest BCUT2D eigenvalue weighted by molar-refractivity contribution is 5.71. The Morgan fingerprint density at radius 2 is 2.30 bits per heavy atom. The average Bonchev–Trinajstić information content (AvgIpc) is 2.40. The van der Waals surface area contributed by atoms with Crippen LogP contribution in [0.5, 0.6) is 0 Å². The summed E-state index contributed by atoms with van der Waals surface area (Å²) in [4.78, 5) is 9.90. The van der Waals surface area contributed by atoms with Crippen molar-refractivity contribution in [1.82, 2.24) is 5.16 Å². The zero-order chi connectivity index (χ0) is 7.98. The molecular formula is C6H9NO3. The number of carbonyl (C=O) groups is 1. The number of aliphatic hydroxyl groups excluding tert-OH is 1. The van der Waals surface area contributed by atoms with E-state index in [1.54, 1.807) is 13.0 Å². The lowest BCUT2D eigenvalue weighted by molar-refractivity contribution is 0.111. The Morgan fingerprint density at radius 3 is 2.50 bits per heavy atom. The van der Waals surface area contributed by atoms with Crippen LogP contribution in [0.4, 0.5) is 0 Å². The van der Waals surface area contributed by atoms with Crippen molar-refractivity contribution in [2.75, 3.05) is 7.11 Å². The Labute approximate surface area is 58.5 Å². The smallest absolute Gasteiger partial charge is 0.171 e. The molecule has 0 aliphatic rings. The molecule has 1 aromatic rings. The lowest BCUT2D eigenvalue weighted by Gasteiger charge is -1.65. The number of aromatic nitrogens is 1. The molecular weight excluding hydrogens is 134 g/mol. The molecule has 0 bridgehead atoms. The van der Waals surface area contributed by atoms with E-state index in [-0.39, 0.29) is 0 Å². The number of aliphatic hydroxyl groups is 1. The van der Waals surface area contributed by atoms with Crippen LogP contribution >= 0.6 is 0 Å². The largest absolute Gasteiger partial charge is 0.400 e. The second-order valence-corrected chi connectivity index (χ2v) is 1.48. The minimum atomic E-state index is 0.350. The normalized spacial score (nSPS) is 7.90. The zero-order valence-corrected chi connectivity index (χ0v) is 5.87. The van der Waals surface area contributed by atoms with Gasteiger partial charge in [0, 0.05) is 13.2 Å². The van der Waals surface area contributed by atoms with Gasteiger partial charge in [-0.15, -0.1) is 0 Å². The molecule has 0 unspecified atom stereocenters. The van der Waals surface area contributed by atoms with E-state index in [0.717, 1.165) is 7.11 Å². The molecule has 56 valence electrons. The number of rotatable bonds is 1. The molecule has 10 heavy (non-hydrogen) atoms. The molecule has 4 nitrogen and oxygen atoms in total. The van der Waals surface area contributed by atoms with Crippen molar-refractivity contribution in [2.24, 2.45) is 0 Å². The summed E-state index contributed by atoms with van der Waals surface area (Å²) < 4.78 is 4.57. The van der Waals surface area contributed by atoms with Crippen LogP contribution in [0.2, 0.25) is 0 Å². The second-order valence-electron chi connectivity index (χ2n) is 1.48. The van der Waals surface area contributed by atoms with Gasteiger partial charge in [-0.05, 0) is 6.92 Å². The summed E-state index contributed by atoms with van der Waals surface area (Å²) in [6, 6.07) is 1.58. The summed E-state index contributed by atoms with van der Waals surface area (Å²) >= 11 is 0. The zero-order valence-electron chi connectivity index (χ0n) is 5.87. The van der Waals surface area contributed by atoms with Crippen molar-refractivity contribution in [3.8, 4) is 0 Å². The highest BCUT2D eigenvalue weighted by Gasteiger charge is 1.93. The number of nitrogens with zero attached hydrogens (tertiary/aromatic N) is 1. The van der Waals surface area contributed by atoms with Gasteiger partial charge in [-0.2, -0.15) is 0 Å². The first kappa shape index (κ1) is 8.84. The fourth-order valence-electron chi connectivity index (χ4n) is 0.441. The monoisotopic (exact) mass is 143 g/mol. The molecule has 1 N–H and O–H groups in total. The van der Waals surface area contributed by atoms with Gasteiger partial charge in [0.05, 0.1) is 0 Å². The first-order chi connectivity index (χ1) is 4.83. The number of carbonyl (C=O) groups excluding carboxylic acids is 1. The quantitative estimate of drug-likeness (QED) is 0.578. The molecule has 1 heterocycles. The van der Waals surface area contributed by atoms with E-state index in [4.69, 9.17) is 5.11 Å². The van der Waals surface area contributed by atoms with Crippen LogP contribution in [0.25, 0.3) is 0 Å². The molecule has 0 aromatic carbocycles. The van der Waals surface area contributed by atoms with Crippen LogP contribution in [-0.2, 0) is 0 Å². The average molecular weight is 143 g/mol. The third kappa shape index (κ3) is 2.41. The van der Waals surface area contributed by atoms with Crippen LogP contribution in [0, 0.1) is 6.92 Å². The van der Waals surface area contributed by atoms with E-state index in [0.29, 0.717) is 17.7 Å². The van der Waals surface area contributed by atoms with Crippen molar-refractivity contribution < 1.29 is 14.4 Å². The Morgan fingerprint density at radius 1 is 1.70 bits per heavy atom. The Bertz CT molecular complexity index is 195. The molecule has 0 radical (unpaired) electrons. The van der Waals surface area contributed by atoms with Gasteiger partial charge < -0.3 is 9.63 Å². The third-order valence-corrected chi connectivity index (χ3v) is 0.767. The fourth-order valence-corrected chi connectivity index (χ4v) is 0.441. The Kier molecular flexibility index (Phi) is 4.15. The van der Waals surface area contributed by atoms with Gasteiger partial charge in [-0.1, -0.05) is 5.16 Å². The number of aldehydes is 1. The third-order valence-electron chi connectivity index (χ3n) is 0.767. The van der Waals surface area contributed by atoms with Crippen molar-refractivity contribution in [3.63, 3.8) is 0 Å². The molecule has 0 aliphatic heterocycles. The molecule has 1 rings (SSSR count). The van der Waals surface area contributed by atoms with Gasteiger partial charge in [-0.25, -0.2) is 0 Å². The van der Waals surface area contributed by atoms with Crippen molar-refractivity contribution in [2.45, 2.75) is 6.92 Å². The first-order valence-electron chi connectivity index (χ1n) is 2.66. The SMILES string of the molecule is CO.Cc1cc(C=O)no1. The summed E-state index contributed by atoms with van der Waals surface area (Å²) in [5, 5.41) is 10.4. The molecule has 0 amide bonds. The van der Waals surface area contributed by atoms with Crippen LogP contribution in [0.15, 0.2) is 10.6 Å². The van der Waals surface area contributed by atoms with E-state index in [1.165, 1.54) is 0 Å². The van der Waals surface area contributed by atoms with E-state index in [9.17, 15) is 4.79 Å². The molecule has 0 spiro atoms. The molecule has 0 atom stereocenters. The maximum absolute atomic E-state index is 9.90. The Balaban J connectivity index is 0.000000371. The van der Waals surface area contributed by atoms with Gasteiger partial charge in [0.1, 0.15) is 11.5 Å². The minimum absolute atomic E-state index is 0.350. The number of hydrogen-bond acceptors (Lipinski definition) is 4. The summed E-state index contributed by atoms with van der Waals surface area (Å²) in [5.41, 5.74) is 0.350. The lowest BCUT2D eigenvalue weighted by atomic mass is 10.4. The van der Waals surface area contributed by atoms with Gasteiger partial charge in [-0.3, -0.25) is 4.79 Å². The predicted octanol–water partition coefficient (Wildman–Crippen LogP) is 0.404. The summed E-state index contributed by atoms with van der Waals surface area (Å²) in [6.45, 7) is 1.74. The topological polar surface area (TPSA) is 63.3 Å². The maximum atomic E-state index is 9.90. The standard InChI is InChI=1S/C5H5NO2.CH4O/c1-4-2-5(3-7)6-8-4;1-2/h2-3H,1H3;2H,1H3. The number of hydrogen-bond donors (Lipinski definition) is 1. The molecule has 4 heteroatoms. The predicted molar refractivity (Wildman–Crippen MR) is 34.8 cm³/mol. The van der Waals surface area contributed by atoms with E-state index < -0.39 is 0 Å². The Hall–Kier alpha value is -1.16. The summed E-state index contributed by atoms with van der Waals surface area (Å²) in [7, 11) is 1.00. The second kappa shape index (κ2) is 4.69. The van der Waals surface area contributed by atoms with Gasteiger partial charge in [0.15, 0.2) is 6.29 Å². The maximum Gasteiger partial charge on any atom is 0.171 e. The number of aryl methyl sites for hydroxylation is 1. The van der Waals surface area contributed by atoms with Crippen molar-refractivity contribution in [1.29, 1.82) is 0 Å². The fraction of sp³-hybridized carbons (Fsp3) is 0.333. The molecule has 0 aliphatic carbocycles. The molecule has 1 aromatic heterocycles. The minimum Gasteiger partial charge on any atom is -0.400 e. The molecule has 0 saturated heterocycles. The van der Waals surface area contributed by atoms with E-state index >= 15 is 0 Å². The van der Waals surface area contributed by atoms with Crippen molar-refractivity contribution in [3.05, 3.63) is 17.5 Å². The highest BCUT2D eigenvalue weighted by atomic mass is 16.5. The van der Waals surface area contributed by atoms with Gasteiger partial charge in [0.2, 0.25) is 0 Å². The van der Waals surface area contributed by atoms with E-state index in [1.807, 2.05) is 0 Å². The first-order valence-corrected chi connectivity index (χ1v) is 2.66. The van der Waals surface area contributed by atoms with Crippen molar-refractivity contribution >= 4 is 6.29 Å². The van der Waals surface area contributed by atoms with E-state index in [2.05, 4.69) is 9.68 Å². The van der Waals surface area contributed by atoms with Gasteiger partial charge >= 0.3 is 0 Å². The van der Waals surface area contributed by atoms with Crippen LogP contribution < -0.4 is 0 Å². The molecule has 0 fully saturated rings.